The van der Waals surface area contributed by atoms with Gasteiger partial charge < -0.3 is 10.1 Å². The predicted octanol–water partition coefficient (Wildman–Crippen LogP) is 4.48. The molecule has 24 heavy (non-hydrogen) atoms. The van der Waals surface area contributed by atoms with E-state index < -0.39 is 11.9 Å². The number of benzene rings is 1. The molecule has 0 saturated heterocycles. The number of unbranched alkanes of at least 4 members (excludes halogenated alkanes) is 1. The van der Waals surface area contributed by atoms with E-state index in [0.29, 0.717) is 41.0 Å². The van der Waals surface area contributed by atoms with Gasteiger partial charge in [0.1, 0.15) is 0 Å². The highest BCUT2D eigenvalue weighted by Gasteiger charge is 2.37. The van der Waals surface area contributed by atoms with Crippen LogP contribution in [-0.2, 0) is 9.53 Å². The first kappa shape index (κ1) is 21.0. The predicted molar refractivity (Wildman–Crippen MR) is 99.4 cm³/mol. The quantitative estimate of drug-likeness (QED) is 0.315. The molecule has 1 aromatic carbocycles. The highest BCUT2D eigenvalue weighted by molar-refractivity contribution is 14.1. The zero-order valence-corrected chi connectivity index (χ0v) is 16.7. The summed E-state index contributed by atoms with van der Waals surface area (Å²) < 4.78 is 32.0. The number of carbonyl (C=O) groups excluding carboxylic acids is 2. The standard InChI is InChI=1S/C16H17BrF2INO3/c1-24-15(23)16(18,19)10-13(20)4-2-3-9-21-14(22)11-5-7-12(17)8-6-11/h5-8,10H,2-4,9H2,1H3,(H,21,22). The number of hydrogen-bond acceptors (Lipinski definition) is 3. The number of rotatable bonds is 8. The highest BCUT2D eigenvalue weighted by atomic mass is 127. The SMILES string of the molecule is COC(=O)C(F)(F)C=C(I)CCCCNC(=O)c1ccc(Br)cc1. The number of methoxy groups -OCH3 is 1. The summed E-state index contributed by atoms with van der Waals surface area (Å²) in [4.78, 5) is 22.8. The second kappa shape index (κ2) is 10.1. The molecule has 0 atom stereocenters. The maximum atomic E-state index is 13.3. The van der Waals surface area contributed by atoms with Crippen molar-refractivity contribution in [3.05, 3.63) is 44.0 Å². The second-order valence-corrected chi connectivity index (χ2v) is 7.23. The van der Waals surface area contributed by atoms with E-state index in [4.69, 9.17) is 0 Å². The number of carbonyl (C=O) groups is 2. The highest BCUT2D eigenvalue weighted by Crippen LogP contribution is 2.25. The van der Waals surface area contributed by atoms with E-state index >= 15 is 0 Å². The fourth-order valence-electron chi connectivity index (χ4n) is 1.79. The first-order valence-electron chi connectivity index (χ1n) is 7.13. The Labute approximate surface area is 161 Å². The van der Waals surface area contributed by atoms with Gasteiger partial charge in [0, 0.05) is 22.7 Å². The van der Waals surface area contributed by atoms with Crippen LogP contribution < -0.4 is 5.32 Å². The van der Waals surface area contributed by atoms with E-state index in [1.165, 1.54) is 0 Å². The monoisotopic (exact) mass is 515 g/mol. The molecule has 4 nitrogen and oxygen atoms in total. The van der Waals surface area contributed by atoms with Gasteiger partial charge >= 0.3 is 11.9 Å². The Hall–Kier alpha value is -1.03. The minimum Gasteiger partial charge on any atom is -0.464 e. The number of nitrogens with one attached hydrogen (secondary N) is 1. The van der Waals surface area contributed by atoms with Crippen LogP contribution in [-0.4, -0.2) is 31.5 Å². The molecule has 0 spiro atoms. The Morgan fingerprint density at radius 1 is 1.29 bits per heavy atom. The van der Waals surface area contributed by atoms with Crippen LogP contribution >= 0.6 is 38.5 Å². The van der Waals surface area contributed by atoms with Gasteiger partial charge in [-0.25, -0.2) is 4.79 Å². The third kappa shape index (κ3) is 7.25. The van der Waals surface area contributed by atoms with Crippen molar-refractivity contribution in [2.24, 2.45) is 0 Å². The van der Waals surface area contributed by atoms with Gasteiger partial charge in [-0.2, -0.15) is 8.78 Å². The van der Waals surface area contributed by atoms with Crippen molar-refractivity contribution in [1.29, 1.82) is 0 Å². The van der Waals surface area contributed by atoms with Gasteiger partial charge in [-0.1, -0.05) is 15.9 Å². The number of halogens is 4. The summed E-state index contributed by atoms with van der Waals surface area (Å²) in [6.45, 7) is 0.451. The van der Waals surface area contributed by atoms with E-state index in [1.54, 1.807) is 46.9 Å². The van der Waals surface area contributed by atoms with E-state index in [9.17, 15) is 18.4 Å². The number of hydrogen-bond donors (Lipinski definition) is 1. The smallest absolute Gasteiger partial charge is 0.381 e. The summed E-state index contributed by atoms with van der Waals surface area (Å²) in [5.41, 5.74) is 0.561. The average Bonchev–Trinajstić information content (AvgIpc) is 2.53. The van der Waals surface area contributed by atoms with Gasteiger partial charge in [-0.05, 0) is 69.7 Å². The van der Waals surface area contributed by atoms with Gasteiger partial charge in [0.25, 0.3) is 5.91 Å². The molecule has 0 heterocycles. The van der Waals surface area contributed by atoms with Crippen molar-refractivity contribution >= 4 is 50.4 Å². The summed E-state index contributed by atoms with van der Waals surface area (Å²) in [6.07, 6.45) is 2.28. The minimum atomic E-state index is -3.61. The molecule has 8 heteroatoms. The lowest BCUT2D eigenvalue weighted by molar-refractivity contribution is -0.161. The molecule has 0 aliphatic carbocycles. The molecule has 0 aliphatic heterocycles. The van der Waals surface area contributed by atoms with E-state index in [2.05, 4.69) is 26.0 Å². The molecule has 1 N–H and O–H groups in total. The topological polar surface area (TPSA) is 55.4 Å². The van der Waals surface area contributed by atoms with Gasteiger partial charge in [0.2, 0.25) is 0 Å². The Kier molecular flexibility index (Phi) is 8.82. The summed E-state index contributed by atoms with van der Waals surface area (Å²) in [6, 6.07) is 6.98. The number of esters is 1. The molecule has 0 unspecified atom stereocenters. The number of amides is 1. The Morgan fingerprint density at radius 2 is 1.92 bits per heavy atom. The van der Waals surface area contributed by atoms with Crippen LogP contribution in [0.15, 0.2) is 38.4 Å². The van der Waals surface area contributed by atoms with Gasteiger partial charge in [0.15, 0.2) is 0 Å². The number of ether oxygens (including phenoxy) is 1. The fourth-order valence-corrected chi connectivity index (χ4v) is 2.82. The van der Waals surface area contributed by atoms with Gasteiger partial charge in [-0.3, -0.25) is 4.79 Å². The maximum absolute atomic E-state index is 13.3. The largest absolute Gasteiger partial charge is 0.464 e. The molecule has 0 radical (unpaired) electrons. The van der Waals surface area contributed by atoms with Crippen LogP contribution in [0.4, 0.5) is 8.78 Å². The molecule has 0 aliphatic rings. The lowest BCUT2D eigenvalue weighted by atomic mass is 10.2. The van der Waals surface area contributed by atoms with Crippen LogP contribution in [0.2, 0.25) is 0 Å². The normalized spacial score (nSPS) is 12.0. The zero-order valence-electron chi connectivity index (χ0n) is 13.0. The van der Waals surface area contributed by atoms with Crippen molar-refractivity contribution < 1.29 is 23.1 Å². The first-order valence-corrected chi connectivity index (χ1v) is 9.00. The molecule has 1 amide bonds. The molecular weight excluding hydrogens is 499 g/mol. The Balaban J connectivity index is 2.32. The Morgan fingerprint density at radius 3 is 2.50 bits per heavy atom. The molecule has 0 aromatic heterocycles. The van der Waals surface area contributed by atoms with Crippen molar-refractivity contribution in [2.75, 3.05) is 13.7 Å². The summed E-state index contributed by atoms with van der Waals surface area (Å²) in [5.74, 6) is -5.36. The van der Waals surface area contributed by atoms with Crippen LogP contribution in [0, 0.1) is 0 Å². The van der Waals surface area contributed by atoms with E-state index in [-0.39, 0.29) is 5.91 Å². The van der Waals surface area contributed by atoms with Gasteiger partial charge in [-0.15, -0.1) is 0 Å². The third-order valence-corrected chi connectivity index (χ3v) is 4.41. The van der Waals surface area contributed by atoms with Crippen molar-refractivity contribution in [3.8, 4) is 0 Å². The lowest BCUT2D eigenvalue weighted by Crippen LogP contribution is -2.27. The van der Waals surface area contributed by atoms with Crippen LogP contribution in [0.25, 0.3) is 0 Å². The molecule has 1 aromatic rings. The maximum Gasteiger partial charge on any atom is 0.381 e. The summed E-state index contributed by atoms with van der Waals surface area (Å²) in [5, 5.41) is 2.77. The van der Waals surface area contributed by atoms with Crippen molar-refractivity contribution in [3.63, 3.8) is 0 Å². The van der Waals surface area contributed by atoms with E-state index in [1.807, 2.05) is 0 Å². The van der Waals surface area contributed by atoms with Crippen molar-refractivity contribution in [1.82, 2.24) is 5.32 Å². The minimum absolute atomic E-state index is 0.176. The molecular formula is C16H17BrF2INO3. The average molecular weight is 516 g/mol. The van der Waals surface area contributed by atoms with Crippen LogP contribution in [0.5, 0.6) is 0 Å². The molecule has 0 fully saturated rings. The first-order chi connectivity index (χ1) is 11.3. The van der Waals surface area contributed by atoms with Crippen molar-refractivity contribution in [2.45, 2.75) is 25.2 Å². The second-order valence-electron chi connectivity index (χ2n) is 4.93. The van der Waals surface area contributed by atoms with Crippen LogP contribution in [0.1, 0.15) is 29.6 Å². The lowest BCUT2D eigenvalue weighted by Gasteiger charge is -2.10. The number of alkyl halides is 2. The van der Waals surface area contributed by atoms with Gasteiger partial charge in [0.05, 0.1) is 7.11 Å². The molecule has 0 saturated carbocycles. The molecule has 1 rings (SSSR count). The Bertz CT molecular complexity index is 606. The fraction of sp³-hybridized carbons (Fsp3) is 0.375. The summed E-state index contributed by atoms with van der Waals surface area (Å²) >= 11 is 5.07. The number of allylic oxidation sites excluding steroid dienone is 1. The summed E-state index contributed by atoms with van der Waals surface area (Å²) in [7, 11) is 0.922. The van der Waals surface area contributed by atoms with E-state index in [0.717, 1.165) is 11.6 Å². The zero-order chi connectivity index (χ0) is 18.2. The van der Waals surface area contributed by atoms with Crippen LogP contribution in [0.3, 0.4) is 0 Å². The molecule has 132 valence electrons. The molecule has 0 bridgehead atoms. The third-order valence-electron chi connectivity index (χ3n) is 3.03.